The van der Waals surface area contributed by atoms with E-state index in [0.29, 0.717) is 0 Å². The fraction of sp³-hybridized carbons (Fsp3) is 0.259. The van der Waals surface area contributed by atoms with Gasteiger partial charge in [0.25, 0.3) is 0 Å². The molecular formula is C85H88N6. The van der Waals surface area contributed by atoms with Crippen molar-refractivity contribution in [3.63, 3.8) is 0 Å². The lowest BCUT2D eigenvalue weighted by Crippen LogP contribution is -2.30. The molecule has 12 rings (SSSR count). The molecule has 3 aromatic heterocycles. The number of hydrogen-bond acceptors (Lipinski definition) is 3. The number of aromatic nitrogens is 6. The van der Waals surface area contributed by atoms with Crippen molar-refractivity contribution >= 4 is 0 Å². The van der Waals surface area contributed by atoms with Crippen LogP contribution in [0.15, 0.2) is 243 Å². The van der Waals surface area contributed by atoms with Gasteiger partial charge >= 0.3 is 0 Å². The minimum atomic E-state index is -0.884. The number of hydrogen-bond donors (Lipinski definition) is 0. The Morgan fingerprint density at radius 2 is 0.593 bits per heavy atom. The second kappa shape index (κ2) is 25.5. The highest BCUT2D eigenvalue weighted by atomic mass is 15.1. The van der Waals surface area contributed by atoms with Gasteiger partial charge in [-0.05, 0) is 175 Å². The molecule has 6 nitrogen and oxygen atoms in total. The lowest BCUT2D eigenvalue weighted by molar-refractivity contribution is 0.602. The van der Waals surface area contributed by atoms with Crippen molar-refractivity contribution < 1.29 is 0 Å². The standard InChI is InChI=1S/C85H88N6/c1-55(2)71-48-65(61-31-20-15-21-32-61)49-72(56(3)4)78(71)89-45-43-86-82(89)84(13,68-38-26-18-27-39-68)70-42-30-37-64(47-70)81-88-77(54-91(81)80-75(59(9)10)52-67(53-76(80)60(11)12)63-35-24-17-25-36-63)85(14,69-40-28-19-29-41-69)83-87-44-46-90(83)79-73(57(5)6)50-66(51-74(79)58(7)8)62-33-22-16-23-34-62/h15-60H,1-14H3/t84?,85-/m0/s1. The summed E-state index contributed by atoms with van der Waals surface area (Å²) in [7, 11) is 0. The molecule has 3 heterocycles. The maximum Gasteiger partial charge on any atom is 0.144 e. The Balaban J connectivity index is 1.13. The van der Waals surface area contributed by atoms with Crippen molar-refractivity contribution in [1.82, 2.24) is 28.7 Å². The van der Waals surface area contributed by atoms with Gasteiger partial charge in [-0.15, -0.1) is 0 Å². The first kappa shape index (κ1) is 61.8. The summed E-state index contributed by atoms with van der Waals surface area (Å²) in [6.07, 6.45) is 10.7. The summed E-state index contributed by atoms with van der Waals surface area (Å²) in [4.78, 5) is 17.2. The van der Waals surface area contributed by atoms with Gasteiger partial charge in [0.15, 0.2) is 0 Å². The van der Waals surface area contributed by atoms with Crippen LogP contribution in [0.1, 0.15) is 200 Å². The molecule has 0 amide bonds. The van der Waals surface area contributed by atoms with E-state index in [1.54, 1.807) is 0 Å². The molecule has 0 saturated carbocycles. The second-order valence-electron chi connectivity index (χ2n) is 27.2. The first-order chi connectivity index (χ1) is 43.9. The third-order valence-electron chi connectivity index (χ3n) is 19.1. The van der Waals surface area contributed by atoms with E-state index in [-0.39, 0.29) is 35.5 Å². The third kappa shape index (κ3) is 11.4. The molecule has 1 unspecified atom stereocenters. The van der Waals surface area contributed by atoms with Gasteiger partial charge in [-0.25, -0.2) is 15.0 Å². The molecule has 91 heavy (non-hydrogen) atoms. The molecule has 9 aromatic carbocycles. The van der Waals surface area contributed by atoms with Crippen LogP contribution >= 0.6 is 0 Å². The van der Waals surface area contributed by atoms with Crippen molar-refractivity contribution in [1.29, 1.82) is 0 Å². The lowest BCUT2D eigenvalue weighted by atomic mass is 9.74. The predicted molar refractivity (Wildman–Crippen MR) is 381 cm³/mol. The van der Waals surface area contributed by atoms with Gasteiger partial charge in [-0.3, -0.25) is 4.57 Å². The van der Waals surface area contributed by atoms with Gasteiger partial charge in [-0.2, -0.15) is 0 Å². The van der Waals surface area contributed by atoms with Crippen LogP contribution in [-0.4, -0.2) is 28.7 Å². The van der Waals surface area contributed by atoms with Gasteiger partial charge < -0.3 is 9.13 Å². The van der Waals surface area contributed by atoms with E-state index in [4.69, 9.17) is 15.0 Å². The Hall–Kier alpha value is -9.39. The summed E-state index contributed by atoms with van der Waals surface area (Å²) in [6, 6.07) is 78.1. The average molecular weight is 1190 g/mol. The highest BCUT2D eigenvalue weighted by Gasteiger charge is 2.42. The minimum Gasteiger partial charge on any atom is -0.302 e. The second-order valence-corrected chi connectivity index (χ2v) is 27.2. The molecule has 458 valence electrons. The quantitative estimate of drug-likeness (QED) is 0.0811. The molecule has 6 heteroatoms. The number of rotatable bonds is 19. The summed E-state index contributed by atoms with van der Waals surface area (Å²) in [5.41, 5.74) is 22.1. The molecule has 0 spiro atoms. The highest BCUT2D eigenvalue weighted by Crippen LogP contribution is 2.48. The zero-order valence-corrected chi connectivity index (χ0v) is 55.7. The maximum atomic E-state index is 6.15. The Labute approximate surface area is 541 Å². The molecule has 2 atom stereocenters. The normalized spacial score (nSPS) is 13.3. The van der Waals surface area contributed by atoms with Crippen LogP contribution in [0.5, 0.6) is 0 Å². The van der Waals surface area contributed by atoms with Crippen molar-refractivity contribution in [2.75, 3.05) is 0 Å². The van der Waals surface area contributed by atoms with E-state index in [9.17, 15) is 0 Å². The van der Waals surface area contributed by atoms with Crippen LogP contribution in [0.3, 0.4) is 0 Å². The number of benzene rings is 9. The average Bonchev–Trinajstić information content (AvgIpc) is 1.66. The third-order valence-corrected chi connectivity index (χ3v) is 19.1. The molecule has 0 radical (unpaired) electrons. The van der Waals surface area contributed by atoms with E-state index in [1.807, 2.05) is 12.4 Å². The zero-order valence-electron chi connectivity index (χ0n) is 55.7. The number of imidazole rings is 3. The Morgan fingerprint density at radius 3 is 0.945 bits per heavy atom. The summed E-state index contributed by atoms with van der Waals surface area (Å²) in [5.74, 6) is 3.91. The fourth-order valence-corrected chi connectivity index (χ4v) is 13.9. The summed E-state index contributed by atoms with van der Waals surface area (Å²) >= 11 is 0. The van der Waals surface area contributed by atoms with Crippen molar-refractivity contribution in [3.8, 4) is 61.8 Å². The first-order valence-corrected chi connectivity index (χ1v) is 33.0. The lowest BCUT2D eigenvalue weighted by Gasteiger charge is -2.33. The van der Waals surface area contributed by atoms with Gasteiger partial charge in [0.1, 0.15) is 17.5 Å². The topological polar surface area (TPSA) is 53.5 Å². The van der Waals surface area contributed by atoms with E-state index >= 15 is 0 Å². The van der Waals surface area contributed by atoms with Crippen LogP contribution in [-0.2, 0) is 10.8 Å². The summed E-state index contributed by atoms with van der Waals surface area (Å²) < 4.78 is 7.26. The van der Waals surface area contributed by atoms with Crippen molar-refractivity contribution in [3.05, 3.63) is 311 Å². The minimum absolute atomic E-state index is 0.164. The SMILES string of the molecule is CC(C)c1cc(-c2ccccc2)cc(C(C)C)c1-n1cc([C@](C)(c2ccccc2)c2nccn2-c2c(C(C)C)cc(-c3ccccc3)cc2C(C)C)nc1-c1cccc(C(C)(c2ccccc2)c2nccn2-c2c(C(C)C)cc(-c3ccccc3)cc2C(C)C)c1. The van der Waals surface area contributed by atoms with Crippen LogP contribution in [0.2, 0.25) is 0 Å². The molecule has 0 aliphatic rings. The van der Waals surface area contributed by atoms with Gasteiger partial charge in [0, 0.05) is 36.5 Å². The van der Waals surface area contributed by atoms with E-state index in [0.717, 1.165) is 51.1 Å². The van der Waals surface area contributed by atoms with Gasteiger partial charge in [-0.1, -0.05) is 253 Å². The molecule has 12 aromatic rings. The Morgan fingerprint density at radius 1 is 0.297 bits per heavy atom. The molecule has 0 bridgehead atoms. The van der Waals surface area contributed by atoms with Crippen molar-refractivity contribution in [2.45, 2.75) is 143 Å². The Bertz CT molecular complexity index is 4400. The van der Waals surface area contributed by atoms with Gasteiger partial charge in [0.05, 0.1) is 33.6 Å². The molecule has 0 saturated heterocycles. The van der Waals surface area contributed by atoms with Crippen molar-refractivity contribution in [2.24, 2.45) is 0 Å². The molecule has 0 aliphatic heterocycles. The largest absolute Gasteiger partial charge is 0.302 e. The van der Waals surface area contributed by atoms with Crippen LogP contribution in [0, 0.1) is 0 Å². The van der Waals surface area contributed by atoms with Crippen LogP contribution in [0.4, 0.5) is 0 Å². The fourth-order valence-electron chi connectivity index (χ4n) is 13.9. The van der Waals surface area contributed by atoms with Crippen LogP contribution < -0.4 is 0 Å². The molecular weight excluding hydrogens is 1100 g/mol. The Kier molecular flexibility index (Phi) is 17.3. The van der Waals surface area contributed by atoms with Crippen LogP contribution in [0.25, 0.3) is 61.8 Å². The zero-order chi connectivity index (χ0) is 63.9. The highest BCUT2D eigenvalue weighted by molar-refractivity contribution is 5.75. The van der Waals surface area contributed by atoms with E-state index < -0.39 is 10.8 Å². The van der Waals surface area contributed by atoms with E-state index in [1.165, 1.54) is 78.1 Å². The molecule has 0 aliphatic carbocycles. The van der Waals surface area contributed by atoms with Gasteiger partial charge in [0.2, 0.25) is 0 Å². The number of nitrogens with zero attached hydrogens (tertiary/aromatic N) is 6. The monoisotopic (exact) mass is 1190 g/mol. The summed E-state index contributed by atoms with van der Waals surface area (Å²) in [5, 5.41) is 0. The van der Waals surface area contributed by atoms with E-state index in [2.05, 4.69) is 342 Å². The smallest absolute Gasteiger partial charge is 0.144 e. The predicted octanol–water partition coefficient (Wildman–Crippen LogP) is 22.4. The first-order valence-electron chi connectivity index (χ1n) is 33.0. The summed E-state index contributed by atoms with van der Waals surface area (Å²) in [6.45, 7) is 32.6. The maximum absolute atomic E-state index is 6.15. The molecule has 0 N–H and O–H groups in total. The molecule has 0 fully saturated rings.